The van der Waals surface area contributed by atoms with Crippen LogP contribution in [0.1, 0.15) is 10.4 Å². The fourth-order valence-corrected chi connectivity index (χ4v) is 3.67. The molecule has 2 aromatic carbocycles. The molecule has 1 N–H and O–H groups in total. The highest BCUT2D eigenvalue weighted by Gasteiger charge is 2.18. The Kier molecular flexibility index (Phi) is 5.61. The second-order valence-electron chi connectivity index (χ2n) is 5.85. The quantitative estimate of drug-likeness (QED) is 0.675. The number of anilines is 2. The minimum atomic E-state index is -1.16. The lowest BCUT2D eigenvalue weighted by atomic mass is 10.1. The van der Waals surface area contributed by atoms with Crippen molar-refractivity contribution in [2.24, 2.45) is 0 Å². The van der Waals surface area contributed by atoms with E-state index in [9.17, 15) is 9.90 Å². The fourth-order valence-electron chi connectivity index (χ4n) is 2.69. The number of methoxy groups -OCH3 is 2. The predicted octanol–water partition coefficient (Wildman–Crippen LogP) is 3.17. The summed E-state index contributed by atoms with van der Waals surface area (Å²) in [7, 11) is 3.13. The molecule has 0 aliphatic carbocycles. The maximum Gasteiger partial charge on any atom is 0.188 e. The van der Waals surface area contributed by atoms with Gasteiger partial charge >= 0.3 is 0 Å². The lowest BCUT2D eigenvalue weighted by molar-refractivity contribution is -0.304. The lowest BCUT2D eigenvalue weighted by Crippen LogP contribution is -2.24. The SMILES string of the molecule is COc1ccc(OC)c(-c2nc(Nc3ccccc3C)sc2CC(=O)[O-])c1. The topological polar surface area (TPSA) is 83.5 Å². The highest BCUT2D eigenvalue weighted by atomic mass is 32.1. The van der Waals surface area contributed by atoms with Gasteiger partial charge in [-0.15, -0.1) is 11.3 Å². The highest BCUT2D eigenvalue weighted by molar-refractivity contribution is 7.16. The molecule has 0 amide bonds. The lowest BCUT2D eigenvalue weighted by Gasteiger charge is -2.10. The summed E-state index contributed by atoms with van der Waals surface area (Å²) >= 11 is 1.28. The molecule has 0 aliphatic rings. The molecule has 1 heterocycles. The van der Waals surface area contributed by atoms with Crippen molar-refractivity contribution in [3.8, 4) is 22.8 Å². The minimum absolute atomic E-state index is 0.233. The molecule has 0 bridgehead atoms. The van der Waals surface area contributed by atoms with Gasteiger partial charge in [-0.2, -0.15) is 0 Å². The third-order valence-corrected chi connectivity index (χ3v) is 5.02. The number of benzene rings is 2. The van der Waals surface area contributed by atoms with Crippen molar-refractivity contribution < 1.29 is 19.4 Å². The molecule has 7 heteroatoms. The summed E-state index contributed by atoms with van der Waals surface area (Å²) in [5.74, 6) is 0.0546. The van der Waals surface area contributed by atoms with Gasteiger partial charge in [0.05, 0.1) is 19.9 Å². The largest absolute Gasteiger partial charge is 0.550 e. The third-order valence-electron chi connectivity index (χ3n) is 4.05. The van der Waals surface area contributed by atoms with E-state index in [4.69, 9.17) is 9.47 Å². The molecule has 140 valence electrons. The van der Waals surface area contributed by atoms with E-state index in [2.05, 4.69) is 10.3 Å². The van der Waals surface area contributed by atoms with E-state index in [1.54, 1.807) is 32.4 Å². The highest BCUT2D eigenvalue weighted by Crippen LogP contribution is 2.39. The van der Waals surface area contributed by atoms with Crippen LogP contribution in [-0.2, 0) is 11.2 Å². The van der Waals surface area contributed by atoms with Crippen LogP contribution in [0.3, 0.4) is 0 Å². The molecule has 27 heavy (non-hydrogen) atoms. The number of ether oxygens (including phenoxy) is 2. The van der Waals surface area contributed by atoms with Crippen LogP contribution in [0.5, 0.6) is 11.5 Å². The molecule has 3 aromatic rings. The number of hydrogen-bond donors (Lipinski definition) is 1. The number of aromatic nitrogens is 1. The Bertz CT molecular complexity index is 968. The van der Waals surface area contributed by atoms with Crippen molar-refractivity contribution in [3.05, 3.63) is 52.9 Å². The van der Waals surface area contributed by atoms with Gasteiger partial charge in [0, 0.05) is 28.5 Å². The zero-order chi connectivity index (χ0) is 19.4. The van der Waals surface area contributed by atoms with Crippen molar-refractivity contribution >= 4 is 28.1 Å². The van der Waals surface area contributed by atoms with Gasteiger partial charge in [0.1, 0.15) is 11.5 Å². The molecular weight excluding hydrogens is 364 g/mol. The van der Waals surface area contributed by atoms with Crippen LogP contribution < -0.4 is 19.9 Å². The molecule has 0 unspecified atom stereocenters. The first-order valence-electron chi connectivity index (χ1n) is 8.26. The number of carbonyl (C=O) groups is 1. The van der Waals surface area contributed by atoms with E-state index >= 15 is 0 Å². The van der Waals surface area contributed by atoms with E-state index < -0.39 is 5.97 Å². The van der Waals surface area contributed by atoms with Crippen LogP contribution in [-0.4, -0.2) is 25.2 Å². The Morgan fingerprint density at radius 1 is 1.19 bits per heavy atom. The second kappa shape index (κ2) is 8.09. The number of aliphatic carboxylic acids is 1. The van der Waals surface area contributed by atoms with Crippen molar-refractivity contribution in [1.82, 2.24) is 4.98 Å². The number of nitrogens with one attached hydrogen (secondary N) is 1. The number of hydrogen-bond acceptors (Lipinski definition) is 7. The second-order valence-corrected chi connectivity index (χ2v) is 6.93. The molecule has 0 fully saturated rings. The molecule has 0 saturated carbocycles. The Balaban J connectivity index is 2.08. The van der Waals surface area contributed by atoms with Gasteiger partial charge < -0.3 is 24.7 Å². The standard InChI is InChI=1S/C20H20N2O4S/c1-12-6-4-5-7-15(12)21-20-22-19(17(27-20)11-18(23)24)14-10-13(25-2)8-9-16(14)26-3/h4-10H,11H2,1-3H3,(H,21,22)(H,23,24)/p-1. The summed E-state index contributed by atoms with van der Waals surface area (Å²) in [6, 6.07) is 13.1. The minimum Gasteiger partial charge on any atom is -0.550 e. The molecule has 0 spiro atoms. The first kappa shape index (κ1) is 18.7. The van der Waals surface area contributed by atoms with E-state index in [0.717, 1.165) is 11.3 Å². The summed E-state index contributed by atoms with van der Waals surface area (Å²) in [5, 5.41) is 15.1. The summed E-state index contributed by atoms with van der Waals surface area (Å²) < 4.78 is 10.7. The van der Waals surface area contributed by atoms with Crippen molar-refractivity contribution in [2.75, 3.05) is 19.5 Å². The summed E-state index contributed by atoms with van der Waals surface area (Å²) in [5.41, 5.74) is 3.18. The van der Waals surface area contributed by atoms with Crippen molar-refractivity contribution in [3.63, 3.8) is 0 Å². The van der Waals surface area contributed by atoms with E-state index in [1.165, 1.54) is 11.3 Å². The first-order valence-corrected chi connectivity index (χ1v) is 9.08. The number of carbonyl (C=O) groups excluding carboxylic acids is 1. The number of thiazole rings is 1. The van der Waals surface area contributed by atoms with Gasteiger partial charge in [0.25, 0.3) is 0 Å². The van der Waals surface area contributed by atoms with Gasteiger partial charge in [-0.3, -0.25) is 0 Å². The number of carboxylic acid groups (broad SMARTS) is 1. The number of rotatable bonds is 7. The summed E-state index contributed by atoms with van der Waals surface area (Å²) in [6.45, 7) is 1.99. The summed E-state index contributed by atoms with van der Waals surface area (Å²) in [4.78, 5) is 16.5. The number of aryl methyl sites for hydroxylation is 1. The Morgan fingerprint density at radius 3 is 2.63 bits per heavy atom. The normalized spacial score (nSPS) is 10.5. The number of nitrogens with zero attached hydrogens (tertiary/aromatic N) is 1. The third kappa shape index (κ3) is 4.20. The van der Waals surface area contributed by atoms with Crippen molar-refractivity contribution in [1.29, 1.82) is 0 Å². The van der Waals surface area contributed by atoms with Crippen LogP contribution in [0.25, 0.3) is 11.3 Å². The number of carboxylic acids is 1. The van der Waals surface area contributed by atoms with E-state index in [0.29, 0.717) is 32.8 Å². The van der Waals surface area contributed by atoms with E-state index in [1.807, 2.05) is 31.2 Å². The van der Waals surface area contributed by atoms with Crippen LogP contribution in [0, 0.1) is 6.92 Å². The maximum atomic E-state index is 11.2. The summed E-state index contributed by atoms with van der Waals surface area (Å²) in [6.07, 6.45) is -0.233. The molecule has 0 atom stereocenters. The number of para-hydroxylation sites is 1. The molecule has 6 nitrogen and oxygen atoms in total. The van der Waals surface area contributed by atoms with Gasteiger partial charge in [0.15, 0.2) is 5.13 Å². The molecule has 0 saturated heterocycles. The molecular formula is C20H19N2O4S-. The van der Waals surface area contributed by atoms with Crippen LogP contribution >= 0.6 is 11.3 Å². The Labute approximate surface area is 161 Å². The van der Waals surface area contributed by atoms with Gasteiger partial charge in [0.2, 0.25) is 0 Å². The predicted molar refractivity (Wildman–Crippen MR) is 104 cm³/mol. The fraction of sp³-hybridized carbons (Fsp3) is 0.200. The zero-order valence-corrected chi connectivity index (χ0v) is 16.1. The van der Waals surface area contributed by atoms with E-state index in [-0.39, 0.29) is 6.42 Å². The Hall–Kier alpha value is -3.06. The molecule has 0 radical (unpaired) electrons. The van der Waals surface area contributed by atoms with Gasteiger partial charge in [-0.25, -0.2) is 4.98 Å². The average Bonchev–Trinajstić information content (AvgIpc) is 3.04. The average molecular weight is 383 g/mol. The molecule has 1 aromatic heterocycles. The van der Waals surface area contributed by atoms with Crippen LogP contribution in [0.15, 0.2) is 42.5 Å². The zero-order valence-electron chi connectivity index (χ0n) is 15.2. The first-order chi connectivity index (χ1) is 13.0. The Morgan fingerprint density at radius 2 is 1.96 bits per heavy atom. The molecule has 0 aliphatic heterocycles. The molecule has 3 rings (SSSR count). The van der Waals surface area contributed by atoms with Crippen LogP contribution in [0.2, 0.25) is 0 Å². The maximum absolute atomic E-state index is 11.2. The smallest absolute Gasteiger partial charge is 0.188 e. The monoisotopic (exact) mass is 383 g/mol. The van der Waals surface area contributed by atoms with Crippen LogP contribution in [0.4, 0.5) is 10.8 Å². The van der Waals surface area contributed by atoms with Gasteiger partial charge in [-0.1, -0.05) is 18.2 Å². The van der Waals surface area contributed by atoms with Crippen molar-refractivity contribution in [2.45, 2.75) is 13.3 Å². The van der Waals surface area contributed by atoms with Gasteiger partial charge in [-0.05, 0) is 36.8 Å².